The minimum atomic E-state index is 0.365. The highest BCUT2D eigenvalue weighted by Crippen LogP contribution is 2.35. The number of rotatable bonds is 7. The summed E-state index contributed by atoms with van der Waals surface area (Å²) in [6, 6.07) is 16.2. The molecule has 0 fully saturated rings. The van der Waals surface area contributed by atoms with Crippen molar-refractivity contribution in [3.05, 3.63) is 60.8 Å². The molecule has 1 aromatic heterocycles. The summed E-state index contributed by atoms with van der Waals surface area (Å²) in [5, 5.41) is 14.3. The predicted molar refractivity (Wildman–Crippen MR) is 114 cm³/mol. The van der Waals surface area contributed by atoms with Crippen LogP contribution in [0.1, 0.15) is 0 Å². The van der Waals surface area contributed by atoms with E-state index in [2.05, 4.69) is 45.9 Å². The van der Waals surface area contributed by atoms with Crippen LogP contribution in [-0.4, -0.2) is 24.9 Å². The minimum Gasteiger partial charge on any atom is -0.495 e. The molecule has 0 spiro atoms. The lowest BCUT2D eigenvalue weighted by molar-refractivity contribution is 0.417. The second-order valence-corrected chi connectivity index (χ2v) is 6.50. The van der Waals surface area contributed by atoms with E-state index in [1.165, 1.54) is 11.9 Å². The van der Waals surface area contributed by atoms with Crippen LogP contribution in [0.25, 0.3) is 22.0 Å². The normalized spacial score (nSPS) is 10.3. The average Bonchev–Trinajstić information content (AvgIpc) is 2.72. The van der Waals surface area contributed by atoms with E-state index in [0.717, 1.165) is 39.2 Å². The summed E-state index contributed by atoms with van der Waals surface area (Å²) in [6.07, 6.45) is 3.79. The molecule has 5 nitrogen and oxygen atoms in total. The van der Waals surface area contributed by atoms with Gasteiger partial charge in [-0.2, -0.15) is 5.26 Å². The first-order valence-electron chi connectivity index (χ1n) is 8.34. The zero-order chi connectivity index (χ0) is 19.2. The standard InChI is InChI=1S/C21H20N4OS/c1-14(11-22)12-24-21-18-10-16(5-4-15(18)6-9-20(21)26-2)19-8-7-17(13-23-19)25-27-3/h4-10,13,24-25H,1,12H2,2-3H3. The predicted octanol–water partition coefficient (Wildman–Crippen LogP) is 5.09. The fraction of sp³-hybridized carbons (Fsp3) is 0.143. The summed E-state index contributed by atoms with van der Waals surface area (Å²) in [7, 11) is 1.63. The smallest absolute Gasteiger partial charge is 0.142 e. The Morgan fingerprint density at radius 3 is 2.74 bits per heavy atom. The number of ether oxygens (including phenoxy) is 1. The van der Waals surface area contributed by atoms with Crippen molar-refractivity contribution in [2.45, 2.75) is 0 Å². The molecule has 0 bridgehead atoms. The minimum absolute atomic E-state index is 0.365. The Bertz CT molecular complexity index is 1010. The van der Waals surface area contributed by atoms with E-state index in [1.807, 2.05) is 36.7 Å². The summed E-state index contributed by atoms with van der Waals surface area (Å²) in [6.45, 7) is 4.09. The number of fused-ring (bicyclic) bond motifs is 1. The van der Waals surface area contributed by atoms with Crippen molar-refractivity contribution in [1.82, 2.24) is 4.98 Å². The first kappa shape index (κ1) is 18.6. The van der Waals surface area contributed by atoms with Gasteiger partial charge in [0.2, 0.25) is 0 Å². The van der Waals surface area contributed by atoms with Gasteiger partial charge in [-0.25, -0.2) is 0 Å². The Hall–Kier alpha value is -3.17. The van der Waals surface area contributed by atoms with Crippen LogP contribution in [0, 0.1) is 11.3 Å². The van der Waals surface area contributed by atoms with Crippen LogP contribution in [0.5, 0.6) is 5.75 Å². The summed E-state index contributed by atoms with van der Waals surface area (Å²) in [5.41, 5.74) is 4.16. The van der Waals surface area contributed by atoms with Gasteiger partial charge in [-0.15, -0.1) is 0 Å². The molecule has 6 heteroatoms. The number of hydrogen-bond acceptors (Lipinski definition) is 6. The number of methoxy groups -OCH3 is 1. The van der Waals surface area contributed by atoms with Crippen LogP contribution >= 0.6 is 11.9 Å². The van der Waals surface area contributed by atoms with Crippen LogP contribution in [0.4, 0.5) is 11.4 Å². The maximum absolute atomic E-state index is 8.97. The zero-order valence-corrected chi connectivity index (χ0v) is 16.1. The number of nitrogens with zero attached hydrogens (tertiary/aromatic N) is 2. The van der Waals surface area contributed by atoms with E-state index in [4.69, 9.17) is 10.00 Å². The van der Waals surface area contributed by atoms with E-state index < -0.39 is 0 Å². The van der Waals surface area contributed by atoms with E-state index in [1.54, 1.807) is 7.11 Å². The third kappa shape index (κ3) is 4.15. The lowest BCUT2D eigenvalue weighted by atomic mass is 10.0. The molecule has 0 aliphatic rings. The van der Waals surface area contributed by atoms with Gasteiger partial charge >= 0.3 is 0 Å². The molecule has 0 saturated heterocycles. The highest BCUT2D eigenvalue weighted by Gasteiger charge is 2.10. The Morgan fingerprint density at radius 1 is 1.26 bits per heavy atom. The molecule has 1 heterocycles. The number of hydrogen-bond donors (Lipinski definition) is 2. The highest BCUT2D eigenvalue weighted by molar-refractivity contribution is 7.99. The number of nitrogens with one attached hydrogen (secondary N) is 2. The fourth-order valence-corrected chi connectivity index (χ4v) is 3.15. The summed E-state index contributed by atoms with van der Waals surface area (Å²) >= 11 is 1.53. The molecule has 0 aliphatic heterocycles. The van der Waals surface area contributed by atoms with Crippen molar-refractivity contribution in [1.29, 1.82) is 5.26 Å². The van der Waals surface area contributed by atoms with Crippen LogP contribution in [0.3, 0.4) is 0 Å². The topological polar surface area (TPSA) is 70.0 Å². The maximum Gasteiger partial charge on any atom is 0.142 e. The molecular weight excluding hydrogens is 356 g/mol. The van der Waals surface area contributed by atoms with Gasteiger partial charge in [-0.05, 0) is 29.7 Å². The molecule has 0 unspecified atom stereocenters. The monoisotopic (exact) mass is 376 g/mol. The molecule has 0 amide bonds. The van der Waals surface area contributed by atoms with E-state index >= 15 is 0 Å². The van der Waals surface area contributed by atoms with Gasteiger partial charge in [0.25, 0.3) is 0 Å². The molecule has 2 aromatic carbocycles. The highest BCUT2D eigenvalue weighted by atomic mass is 32.2. The number of benzene rings is 2. The number of nitriles is 1. The number of aromatic nitrogens is 1. The molecule has 3 aromatic rings. The first-order chi connectivity index (χ1) is 13.2. The molecule has 0 saturated carbocycles. The van der Waals surface area contributed by atoms with Crippen LogP contribution in [0.2, 0.25) is 0 Å². The number of pyridine rings is 1. The van der Waals surface area contributed by atoms with Crippen LogP contribution < -0.4 is 14.8 Å². The van der Waals surface area contributed by atoms with Gasteiger partial charge in [0.15, 0.2) is 0 Å². The molecule has 136 valence electrons. The quantitative estimate of drug-likeness (QED) is 0.442. The van der Waals surface area contributed by atoms with E-state index in [-0.39, 0.29) is 0 Å². The Morgan fingerprint density at radius 2 is 2.07 bits per heavy atom. The molecular formula is C21H20N4OS. The fourth-order valence-electron chi connectivity index (χ4n) is 2.79. The lowest BCUT2D eigenvalue weighted by Crippen LogP contribution is -2.05. The van der Waals surface area contributed by atoms with Gasteiger partial charge in [-0.1, -0.05) is 36.7 Å². The van der Waals surface area contributed by atoms with Crippen molar-refractivity contribution in [3.63, 3.8) is 0 Å². The zero-order valence-electron chi connectivity index (χ0n) is 15.2. The molecule has 27 heavy (non-hydrogen) atoms. The lowest BCUT2D eigenvalue weighted by Gasteiger charge is -2.15. The Balaban J connectivity index is 2.04. The molecule has 3 rings (SSSR count). The molecule has 0 radical (unpaired) electrons. The van der Waals surface area contributed by atoms with Crippen LogP contribution in [0.15, 0.2) is 60.8 Å². The van der Waals surface area contributed by atoms with Gasteiger partial charge in [0, 0.05) is 29.3 Å². The van der Waals surface area contributed by atoms with Gasteiger partial charge in [-0.3, -0.25) is 4.98 Å². The van der Waals surface area contributed by atoms with Crippen molar-refractivity contribution < 1.29 is 4.74 Å². The third-order valence-corrected chi connectivity index (χ3v) is 4.56. The van der Waals surface area contributed by atoms with Crippen LogP contribution in [-0.2, 0) is 0 Å². The second-order valence-electron chi connectivity index (χ2n) is 5.89. The summed E-state index contributed by atoms with van der Waals surface area (Å²) in [5.74, 6) is 0.720. The van der Waals surface area contributed by atoms with Gasteiger partial charge < -0.3 is 14.8 Å². The van der Waals surface area contributed by atoms with Gasteiger partial charge in [0.1, 0.15) is 5.75 Å². The van der Waals surface area contributed by atoms with E-state index in [9.17, 15) is 0 Å². The second kappa shape index (κ2) is 8.47. The van der Waals surface area contributed by atoms with Crippen molar-refractivity contribution in [2.24, 2.45) is 0 Å². The van der Waals surface area contributed by atoms with E-state index in [0.29, 0.717) is 12.1 Å². The van der Waals surface area contributed by atoms with Crippen molar-refractivity contribution >= 4 is 34.1 Å². The average molecular weight is 376 g/mol. The molecule has 2 N–H and O–H groups in total. The molecule has 0 aliphatic carbocycles. The Kier molecular flexibility index (Phi) is 5.84. The SMILES string of the molecule is C=C(C#N)CNc1c(OC)ccc2ccc(-c3ccc(NSC)cn3)cc12. The maximum atomic E-state index is 8.97. The Labute approximate surface area is 163 Å². The van der Waals surface area contributed by atoms with Crippen molar-refractivity contribution in [3.8, 4) is 23.1 Å². The largest absolute Gasteiger partial charge is 0.495 e. The molecule has 0 atom stereocenters. The summed E-state index contributed by atoms with van der Waals surface area (Å²) in [4.78, 5) is 4.55. The summed E-state index contributed by atoms with van der Waals surface area (Å²) < 4.78 is 8.67. The number of anilines is 2. The van der Waals surface area contributed by atoms with Crippen molar-refractivity contribution in [2.75, 3.05) is 29.9 Å². The van der Waals surface area contributed by atoms with Gasteiger partial charge in [0.05, 0.1) is 36.4 Å². The third-order valence-electron chi connectivity index (χ3n) is 4.12. The first-order valence-corrected chi connectivity index (χ1v) is 9.56.